The van der Waals surface area contributed by atoms with Gasteiger partial charge in [-0.3, -0.25) is 4.40 Å². The van der Waals surface area contributed by atoms with Gasteiger partial charge in [0.2, 0.25) is 0 Å². The average Bonchev–Trinajstić information content (AvgIpc) is 2.67. The van der Waals surface area contributed by atoms with E-state index in [2.05, 4.69) is 11.2 Å². The van der Waals surface area contributed by atoms with Crippen LogP contribution in [-0.2, 0) is 4.74 Å². The number of imidazole rings is 1. The molecule has 4 nitrogen and oxygen atoms in total. The lowest BCUT2D eigenvalue weighted by Crippen LogP contribution is -2.06. The summed E-state index contributed by atoms with van der Waals surface area (Å²) >= 11 is 0. The summed E-state index contributed by atoms with van der Waals surface area (Å²) < 4.78 is 12.2. The summed E-state index contributed by atoms with van der Waals surface area (Å²) in [4.78, 5) is 4.03. The van der Waals surface area contributed by atoms with E-state index in [0.29, 0.717) is 13.2 Å². The maximum atomic E-state index is 5.50. The van der Waals surface area contributed by atoms with Crippen molar-refractivity contribution in [2.24, 2.45) is 0 Å². The minimum atomic E-state index is 0.536. The first-order valence-corrected chi connectivity index (χ1v) is 4.38. The third-order valence-electron chi connectivity index (χ3n) is 1.87. The summed E-state index contributed by atoms with van der Waals surface area (Å²) in [6, 6.07) is 5.69. The highest BCUT2D eigenvalue weighted by Crippen LogP contribution is 2.12. The minimum Gasteiger partial charge on any atom is -0.476 e. The first-order valence-electron chi connectivity index (χ1n) is 4.38. The zero-order valence-electron chi connectivity index (χ0n) is 7.93. The second-order valence-electron chi connectivity index (χ2n) is 2.80. The molecular weight excluding hydrogens is 180 g/mol. The van der Waals surface area contributed by atoms with Crippen molar-refractivity contribution in [2.75, 3.05) is 20.3 Å². The van der Waals surface area contributed by atoms with Crippen molar-refractivity contribution < 1.29 is 9.47 Å². The molecular formula is C10H11N2O2. The normalized spacial score (nSPS) is 10.6. The van der Waals surface area contributed by atoms with E-state index >= 15 is 0 Å². The molecule has 0 spiro atoms. The molecule has 73 valence electrons. The second kappa shape index (κ2) is 4.11. The van der Waals surface area contributed by atoms with Gasteiger partial charge in [0.1, 0.15) is 18.5 Å². The molecule has 0 aromatic carbocycles. The van der Waals surface area contributed by atoms with E-state index in [9.17, 15) is 0 Å². The Morgan fingerprint density at radius 1 is 1.43 bits per heavy atom. The van der Waals surface area contributed by atoms with Gasteiger partial charge in [-0.15, -0.1) is 0 Å². The molecule has 1 radical (unpaired) electrons. The zero-order valence-corrected chi connectivity index (χ0v) is 7.93. The Bertz CT molecular complexity index is 411. The number of ether oxygens (including phenoxy) is 2. The molecule has 0 aliphatic heterocycles. The van der Waals surface area contributed by atoms with Crippen LogP contribution in [0.5, 0.6) is 5.88 Å². The van der Waals surface area contributed by atoms with E-state index in [1.165, 1.54) is 0 Å². The van der Waals surface area contributed by atoms with Gasteiger partial charge in [-0.2, -0.15) is 0 Å². The Balaban J connectivity index is 2.19. The van der Waals surface area contributed by atoms with Gasteiger partial charge in [-0.1, -0.05) is 6.07 Å². The van der Waals surface area contributed by atoms with Crippen molar-refractivity contribution in [3.8, 4) is 5.88 Å². The molecule has 0 saturated heterocycles. The Kier molecular flexibility index (Phi) is 2.65. The fourth-order valence-electron chi connectivity index (χ4n) is 1.21. The lowest BCUT2D eigenvalue weighted by Gasteiger charge is -2.06. The van der Waals surface area contributed by atoms with Crippen molar-refractivity contribution in [2.45, 2.75) is 0 Å². The second-order valence-corrected chi connectivity index (χ2v) is 2.80. The van der Waals surface area contributed by atoms with Crippen molar-refractivity contribution >= 4 is 5.65 Å². The van der Waals surface area contributed by atoms with Crippen LogP contribution in [0.15, 0.2) is 24.4 Å². The first-order chi connectivity index (χ1) is 6.92. The monoisotopic (exact) mass is 191 g/mol. The van der Waals surface area contributed by atoms with Gasteiger partial charge in [0.15, 0.2) is 5.88 Å². The Labute approximate surface area is 82.1 Å². The quantitative estimate of drug-likeness (QED) is 0.680. The fourth-order valence-corrected chi connectivity index (χ4v) is 1.21. The van der Waals surface area contributed by atoms with Gasteiger partial charge in [-0.25, -0.2) is 4.98 Å². The number of hydrogen-bond acceptors (Lipinski definition) is 3. The molecule has 0 fully saturated rings. The van der Waals surface area contributed by atoms with Crippen LogP contribution in [0.3, 0.4) is 0 Å². The standard InChI is InChI=1S/C10H11N2O2/c1-13-7-8-14-10-4-2-3-9-11-5-6-12(9)10/h2-4,6H,7-8H2,1H3. The smallest absolute Gasteiger partial charge is 0.199 e. The SMILES string of the molecule is COCCOc1cccc2n[c]cn12. The molecule has 2 aromatic heterocycles. The zero-order chi connectivity index (χ0) is 9.80. The number of aromatic nitrogens is 2. The molecule has 2 rings (SSSR count). The van der Waals surface area contributed by atoms with Crippen LogP contribution in [0.4, 0.5) is 0 Å². The van der Waals surface area contributed by atoms with E-state index in [4.69, 9.17) is 9.47 Å². The number of hydrogen-bond donors (Lipinski definition) is 0. The van der Waals surface area contributed by atoms with Gasteiger partial charge in [0.25, 0.3) is 0 Å². The van der Waals surface area contributed by atoms with Crippen molar-refractivity contribution in [3.63, 3.8) is 0 Å². The number of methoxy groups -OCH3 is 1. The Hall–Kier alpha value is -1.55. The number of fused-ring (bicyclic) bond motifs is 1. The lowest BCUT2D eigenvalue weighted by atomic mass is 10.4. The topological polar surface area (TPSA) is 35.8 Å². The van der Waals surface area contributed by atoms with E-state index in [0.717, 1.165) is 11.5 Å². The van der Waals surface area contributed by atoms with E-state index < -0.39 is 0 Å². The Morgan fingerprint density at radius 2 is 2.36 bits per heavy atom. The maximum absolute atomic E-state index is 5.50. The van der Waals surface area contributed by atoms with Gasteiger partial charge in [0, 0.05) is 13.3 Å². The molecule has 0 unspecified atom stereocenters. The van der Waals surface area contributed by atoms with Crippen LogP contribution < -0.4 is 4.74 Å². The molecule has 14 heavy (non-hydrogen) atoms. The predicted octanol–water partition coefficient (Wildman–Crippen LogP) is 1.16. The van der Waals surface area contributed by atoms with E-state index in [1.807, 2.05) is 22.6 Å². The summed E-state index contributed by atoms with van der Waals surface area (Å²) in [6.07, 6.45) is 4.52. The largest absolute Gasteiger partial charge is 0.476 e. The summed E-state index contributed by atoms with van der Waals surface area (Å²) in [6.45, 7) is 1.11. The maximum Gasteiger partial charge on any atom is 0.199 e. The molecule has 0 bridgehead atoms. The molecule has 0 saturated carbocycles. The van der Waals surface area contributed by atoms with Gasteiger partial charge in [-0.05, 0) is 12.1 Å². The fraction of sp³-hybridized carbons (Fsp3) is 0.300. The lowest BCUT2D eigenvalue weighted by molar-refractivity contribution is 0.143. The molecule has 0 aliphatic rings. The van der Waals surface area contributed by atoms with Gasteiger partial charge >= 0.3 is 0 Å². The van der Waals surface area contributed by atoms with Crippen LogP contribution >= 0.6 is 0 Å². The molecule has 0 atom stereocenters. The van der Waals surface area contributed by atoms with Crippen molar-refractivity contribution in [3.05, 3.63) is 30.6 Å². The third-order valence-corrected chi connectivity index (χ3v) is 1.87. The highest BCUT2D eigenvalue weighted by Gasteiger charge is 2.00. The molecule has 2 heterocycles. The summed E-state index contributed by atoms with van der Waals surface area (Å²) in [5.74, 6) is 0.758. The molecule has 0 amide bonds. The third kappa shape index (κ3) is 1.70. The molecule has 0 N–H and O–H groups in total. The van der Waals surface area contributed by atoms with Gasteiger partial charge in [0.05, 0.1) is 6.61 Å². The average molecular weight is 191 g/mol. The van der Waals surface area contributed by atoms with Gasteiger partial charge < -0.3 is 9.47 Å². The summed E-state index contributed by atoms with van der Waals surface area (Å²) in [7, 11) is 1.65. The summed E-state index contributed by atoms with van der Waals surface area (Å²) in [5.41, 5.74) is 0.833. The van der Waals surface area contributed by atoms with Crippen molar-refractivity contribution in [1.29, 1.82) is 0 Å². The minimum absolute atomic E-state index is 0.536. The number of rotatable bonds is 4. The van der Waals surface area contributed by atoms with Crippen LogP contribution in [0.2, 0.25) is 0 Å². The molecule has 2 aromatic rings. The number of pyridine rings is 1. The van der Waals surface area contributed by atoms with Crippen LogP contribution in [-0.4, -0.2) is 29.7 Å². The van der Waals surface area contributed by atoms with E-state index in [-0.39, 0.29) is 0 Å². The number of nitrogens with zero attached hydrogens (tertiary/aromatic N) is 2. The molecule has 4 heteroatoms. The highest BCUT2D eigenvalue weighted by atomic mass is 16.5. The van der Waals surface area contributed by atoms with E-state index in [1.54, 1.807) is 13.3 Å². The predicted molar refractivity (Wildman–Crippen MR) is 51.4 cm³/mol. The first kappa shape index (κ1) is 9.02. The van der Waals surface area contributed by atoms with Crippen LogP contribution in [0, 0.1) is 6.20 Å². The molecule has 0 aliphatic carbocycles. The van der Waals surface area contributed by atoms with Crippen LogP contribution in [0.25, 0.3) is 5.65 Å². The Morgan fingerprint density at radius 3 is 3.21 bits per heavy atom. The summed E-state index contributed by atoms with van der Waals surface area (Å²) in [5, 5.41) is 0. The van der Waals surface area contributed by atoms with Crippen molar-refractivity contribution in [1.82, 2.24) is 9.38 Å². The van der Waals surface area contributed by atoms with Crippen LogP contribution in [0.1, 0.15) is 0 Å². The highest BCUT2D eigenvalue weighted by molar-refractivity contribution is 5.41.